The van der Waals surface area contributed by atoms with Crippen molar-refractivity contribution < 1.29 is 55.6 Å². The van der Waals surface area contributed by atoms with Gasteiger partial charge in [0, 0.05) is 12.0 Å². The Balaban J connectivity index is 2.37. The number of esters is 1. The lowest BCUT2D eigenvalue weighted by Crippen LogP contribution is -2.55. The van der Waals surface area contributed by atoms with E-state index in [1.165, 1.54) is 6.92 Å². The molecular weight excluding hydrogens is 498 g/mol. The van der Waals surface area contributed by atoms with Crippen LogP contribution in [0.5, 0.6) is 0 Å². The van der Waals surface area contributed by atoms with Crippen LogP contribution in [0.15, 0.2) is 12.2 Å². The van der Waals surface area contributed by atoms with Crippen LogP contribution < -0.4 is 0 Å². The average molecular weight is 535 g/mol. The summed E-state index contributed by atoms with van der Waals surface area (Å²) in [6.07, 6.45) is -7.91. The summed E-state index contributed by atoms with van der Waals surface area (Å²) >= 11 is 0. The first kappa shape index (κ1) is 30.9. The number of rotatable bonds is 11. The Hall–Kier alpha value is -1.37. The topological polar surface area (TPSA) is 85.2 Å². The molecule has 3 unspecified atom stereocenters. The molecule has 0 amide bonds. The van der Waals surface area contributed by atoms with Crippen LogP contribution in [0.3, 0.4) is 0 Å². The van der Waals surface area contributed by atoms with Crippen LogP contribution in [-0.2, 0) is 19.0 Å². The Labute approximate surface area is 207 Å². The minimum Gasteiger partial charge on any atom is -0.456 e. The number of halogens is 6. The normalized spacial score (nSPS) is 24.1. The van der Waals surface area contributed by atoms with Crippen LogP contribution in [0.2, 0.25) is 0 Å². The van der Waals surface area contributed by atoms with E-state index in [9.17, 15) is 41.4 Å². The highest BCUT2D eigenvalue weighted by atomic mass is 19.4. The highest BCUT2D eigenvalue weighted by molar-refractivity contribution is 5.87. The molecule has 0 bridgehead atoms. The summed E-state index contributed by atoms with van der Waals surface area (Å²) < 4.78 is 96.6. The van der Waals surface area contributed by atoms with E-state index in [-0.39, 0.29) is 24.8 Å². The molecule has 2 rings (SSSR count). The summed E-state index contributed by atoms with van der Waals surface area (Å²) in [6.45, 7) is 3.90. The van der Waals surface area contributed by atoms with Crippen LogP contribution >= 0.6 is 0 Å². The zero-order valence-corrected chi connectivity index (χ0v) is 20.9. The molecule has 0 heterocycles. The van der Waals surface area contributed by atoms with Crippen molar-refractivity contribution in [3.05, 3.63) is 12.2 Å². The molecule has 36 heavy (non-hydrogen) atoms. The fourth-order valence-electron chi connectivity index (χ4n) is 4.60. The van der Waals surface area contributed by atoms with Crippen molar-refractivity contribution in [3.8, 4) is 0 Å². The van der Waals surface area contributed by atoms with E-state index in [0.29, 0.717) is 52.4 Å². The quantitative estimate of drug-likeness (QED) is 0.217. The van der Waals surface area contributed by atoms with Crippen molar-refractivity contribution in [2.45, 2.75) is 119 Å². The van der Waals surface area contributed by atoms with Crippen LogP contribution in [-0.4, -0.2) is 70.3 Å². The van der Waals surface area contributed by atoms with Gasteiger partial charge >= 0.3 is 18.3 Å². The van der Waals surface area contributed by atoms with Crippen molar-refractivity contribution >= 4 is 5.97 Å². The summed E-state index contributed by atoms with van der Waals surface area (Å²) in [5, 5.41) is 19.8. The maximum Gasteiger partial charge on any atom is 0.419 e. The van der Waals surface area contributed by atoms with E-state index < -0.39 is 60.0 Å². The molecule has 0 aromatic carbocycles. The van der Waals surface area contributed by atoms with Gasteiger partial charge in [0.15, 0.2) is 11.2 Å². The second kappa shape index (κ2) is 10.8. The van der Waals surface area contributed by atoms with Gasteiger partial charge in [-0.05, 0) is 46.5 Å². The third kappa shape index (κ3) is 7.14. The number of ether oxygens (including phenoxy) is 3. The second-order valence-electron chi connectivity index (χ2n) is 10.7. The summed E-state index contributed by atoms with van der Waals surface area (Å²) in [5.41, 5.74) is -8.90. The highest BCUT2D eigenvalue weighted by Crippen LogP contribution is 2.47. The molecule has 3 atom stereocenters. The zero-order chi connectivity index (χ0) is 27.6. The van der Waals surface area contributed by atoms with Crippen molar-refractivity contribution in [1.82, 2.24) is 0 Å². The van der Waals surface area contributed by atoms with E-state index >= 15 is 0 Å². The maximum atomic E-state index is 13.3. The van der Waals surface area contributed by atoms with Gasteiger partial charge in [0.05, 0.1) is 18.8 Å². The highest BCUT2D eigenvalue weighted by Gasteiger charge is 2.56. The monoisotopic (exact) mass is 534 g/mol. The minimum atomic E-state index is -4.98. The van der Waals surface area contributed by atoms with Gasteiger partial charge in [0.2, 0.25) is 0 Å². The molecule has 12 heteroatoms. The minimum absolute atomic E-state index is 0.0248. The lowest BCUT2D eigenvalue weighted by atomic mass is 9.83. The van der Waals surface area contributed by atoms with Crippen LogP contribution in [0, 0.1) is 0 Å². The van der Waals surface area contributed by atoms with Gasteiger partial charge in [-0.2, -0.15) is 26.3 Å². The Morgan fingerprint density at radius 1 is 0.861 bits per heavy atom. The van der Waals surface area contributed by atoms with E-state index in [2.05, 4.69) is 6.58 Å². The molecule has 2 aliphatic carbocycles. The molecule has 0 radical (unpaired) electrons. The molecule has 0 aromatic rings. The zero-order valence-electron chi connectivity index (χ0n) is 20.9. The van der Waals surface area contributed by atoms with Crippen molar-refractivity contribution in [1.29, 1.82) is 0 Å². The predicted octanol–water partition coefficient (Wildman–Crippen LogP) is 5.15. The molecule has 0 aliphatic heterocycles. The van der Waals surface area contributed by atoms with E-state index in [1.54, 1.807) is 0 Å². The number of hydrogen-bond acceptors (Lipinski definition) is 6. The number of alkyl halides is 6. The maximum absolute atomic E-state index is 13.3. The molecule has 0 spiro atoms. The molecule has 210 valence electrons. The second-order valence-corrected chi connectivity index (χ2v) is 10.7. The summed E-state index contributed by atoms with van der Waals surface area (Å²) in [4.78, 5) is 12.5. The van der Waals surface area contributed by atoms with Gasteiger partial charge in [-0.25, -0.2) is 4.79 Å². The Morgan fingerprint density at radius 2 is 1.28 bits per heavy atom. The molecule has 2 N–H and O–H groups in total. The van der Waals surface area contributed by atoms with Gasteiger partial charge in [0.25, 0.3) is 0 Å². The molecule has 0 saturated heterocycles. The van der Waals surface area contributed by atoms with Crippen molar-refractivity contribution in [2.75, 3.05) is 13.2 Å². The lowest BCUT2D eigenvalue weighted by molar-refractivity contribution is -0.287. The number of carbonyl (C=O) groups excluding carboxylic acids is 1. The first-order chi connectivity index (χ1) is 16.3. The summed E-state index contributed by atoms with van der Waals surface area (Å²) in [6, 6.07) is 0. The average Bonchev–Trinajstić information content (AvgIpc) is 3.40. The van der Waals surface area contributed by atoms with Crippen molar-refractivity contribution in [2.24, 2.45) is 0 Å². The first-order valence-corrected chi connectivity index (χ1v) is 12.0. The number of carbonyl (C=O) groups is 1. The Bertz CT molecular complexity index is 777. The lowest BCUT2D eigenvalue weighted by Gasteiger charge is -2.43. The van der Waals surface area contributed by atoms with Crippen LogP contribution in [0.25, 0.3) is 0 Å². The molecule has 2 saturated carbocycles. The number of aliphatic hydroxyl groups is 2. The summed E-state index contributed by atoms with van der Waals surface area (Å²) in [5.74, 6) is -0.826. The van der Waals surface area contributed by atoms with Gasteiger partial charge in [-0.1, -0.05) is 32.3 Å². The third-order valence-electron chi connectivity index (χ3n) is 7.23. The molecule has 2 fully saturated rings. The third-order valence-corrected chi connectivity index (χ3v) is 7.23. The Morgan fingerprint density at radius 3 is 1.69 bits per heavy atom. The van der Waals surface area contributed by atoms with Gasteiger partial charge in [-0.15, -0.1) is 0 Å². The molecule has 0 aromatic heterocycles. The fourth-order valence-corrected chi connectivity index (χ4v) is 4.60. The van der Waals surface area contributed by atoms with Gasteiger partial charge in [0.1, 0.15) is 11.7 Å². The summed E-state index contributed by atoms with van der Waals surface area (Å²) in [7, 11) is 0. The standard InChI is InChI=1S/C24H36F6O6/c1-16(2)18(31)36-17(22(11-7-8-12-22)35-15-20(4,33)24(28,29)30)13-21(9-5-6-10-21)34-14-19(3,32)23(25,26)27/h17,32-33H,1,5-15H2,2-4H3. The fraction of sp³-hybridized carbons (Fsp3) is 0.875. The van der Waals surface area contributed by atoms with E-state index in [0.717, 1.165) is 0 Å². The molecule has 6 nitrogen and oxygen atoms in total. The smallest absolute Gasteiger partial charge is 0.419 e. The molecule has 2 aliphatic rings. The first-order valence-electron chi connectivity index (χ1n) is 12.0. The van der Waals surface area contributed by atoms with E-state index in [1.807, 2.05) is 0 Å². The van der Waals surface area contributed by atoms with Crippen molar-refractivity contribution in [3.63, 3.8) is 0 Å². The Kier molecular flexibility index (Phi) is 9.24. The van der Waals surface area contributed by atoms with Gasteiger partial charge < -0.3 is 24.4 Å². The van der Waals surface area contributed by atoms with Gasteiger partial charge in [-0.3, -0.25) is 0 Å². The predicted molar refractivity (Wildman–Crippen MR) is 117 cm³/mol. The SMILES string of the molecule is C=C(C)C(=O)OC(CC1(OCC(C)(O)C(F)(F)F)CCCC1)C1(OCC(C)(O)C(F)(F)F)CCCC1. The number of hydrogen-bond donors (Lipinski definition) is 2. The van der Waals surface area contributed by atoms with E-state index in [4.69, 9.17) is 14.2 Å². The molecular formula is C24H36F6O6. The van der Waals surface area contributed by atoms with Crippen LogP contribution in [0.4, 0.5) is 26.3 Å². The van der Waals surface area contributed by atoms with Crippen LogP contribution in [0.1, 0.15) is 78.6 Å². The largest absolute Gasteiger partial charge is 0.456 e.